The fraction of sp³-hybridized carbons (Fsp3) is 0.643. The number of hydrogen-bond acceptors (Lipinski definition) is 6. The van der Waals surface area contributed by atoms with Crippen molar-refractivity contribution in [3.8, 4) is 0 Å². The second-order valence-corrected chi connectivity index (χ2v) is 4.75. The summed E-state index contributed by atoms with van der Waals surface area (Å²) in [6.07, 6.45) is -0.982. The van der Waals surface area contributed by atoms with Crippen LogP contribution in [0.2, 0.25) is 0 Å². The summed E-state index contributed by atoms with van der Waals surface area (Å²) in [6, 6.07) is 0. The molecule has 0 heterocycles. The molecular formula is C14H24O6. The minimum absolute atomic E-state index is 0.00888. The van der Waals surface area contributed by atoms with E-state index >= 15 is 0 Å². The van der Waals surface area contributed by atoms with Crippen molar-refractivity contribution >= 4 is 5.97 Å². The predicted molar refractivity (Wildman–Crippen MR) is 74.1 cm³/mol. The molecule has 0 radical (unpaired) electrons. The molecule has 0 aliphatic heterocycles. The SMILES string of the molecule is C=C(C)C(=O)OCC(C)OC/C(C)=C(\O)OCC(C)O. The van der Waals surface area contributed by atoms with E-state index in [1.165, 1.54) is 0 Å². The summed E-state index contributed by atoms with van der Waals surface area (Å²) >= 11 is 0. The first kappa shape index (κ1) is 18.5. The molecule has 0 spiro atoms. The van der Waals surface area contributed by atoms with E-state index in [1.807, 2.05) is 0 Å². The van der Waals surface area contributed by atoms with Crippen molar-refractivity contribution in [3.05, 3.63) is 23.7 Å². The van der Waals surface area contributed by atoms with Crippen molar-refractivity contribution < 1.29 is 29.2 Å². The lowest BCUT2D eigenvalue weighted by atomic mass is 10.3. The van der Waals surface area contributed by atoms with Gasteiger partial charge in [-0.2, -0.15) is 0 Å². The largest absolute Gasteiger partial charge is 0.481 e. The van der Waals surface area contributed by atoms with Crippen LogP contribution in [-0.4, -0.2) is 48.2 Å². The third-order valence-corrected chi connectivity index (χ3v) is 2.21. The number of aliphatic hydroxyl groups is 2. The third kappa shape index (κ3) is 8.55. The topological polar surface area (TPSA) is 85.2 Å². The molecule has 0 aliphatic rings. The molecule has 2 unspecified atom stereocenters. The van der Waals surface area contributed by atoms with Crippen LogP contribution in [0.3, 0.4) is 0 Å². The number of carbonyl (C=O) groups is 1. The Morgan fingerprint density at radius 2 is 1.80 bits per heavy atom. The quantitative estimate of drug-likeness (QED) is 0.381. The van der Waals surface area contributed by atoms with Crippen molar-refractivity contribution in [2.45, 2.75) is 39.9 Å². The maximum absolute atomic E-state index is 11.2. The summed E-state index contributed by atoms with van der Waals surface area (Å²) in [5.74, 6) is -0.729. The van der Waals surface area contributed by atoms with Gasteiger partial charge in [-0.25, -0.2) is 4.79 Å². The molecule has 0 aromatic rings. The Balaban J connectivity index is 4.04. The Morgan fingerprint density at radius 1 is 1.20 bits per heavy atom. The van der Waals surface area contributed by atoms with E-state index in [0.29, 0.717) is 11.1 Å². The maximum atomic E-state index is 11.2. The van der Waals surface area contributed by atoms with Gasteiger partial charge in [0.15, 0.2) is 0 Å². The molecule has 0 aromatic heterocycles. The van der Waals surface area contributed by atoms with Gasteiger partial charge in [0.1, 0.15) is 13.2 Å². The molecule has 6 heteroatoms. The summed E-state index contributed by atoms with van der Waals surface area (Å²) in [5.41, 5.74) is 0.821. The van der Waals surface area contributed by atoms with Crippen LogP contribution in [0.1, 0.15) is 27.7 Å². The molecule has 0 fully saturated rings. The van der Waals surface area contributed by atoms with Crippen LogP contribution in [0.5, 0.6) is 0 Å². The van der Waals surface area contributed by atoms with E-state index in [0.717, 1.165) is 0 Å². The van der Waals surface area contributed by atoms with Crippen molar-refractivity contribution in [1.82, 2.24) is 0 Å². The van der Waals surface area contributed by atoms with Crippen LogP contribution in [0, 0.1) is 0 Å². The number of rotatable bonds is 9. The number of esters is 1. The average Bonchev–Trinajstić information content (AvgIpc) is 2.38. The third-order valence-electron chi connectivity index (χ3n) is 2.21. The second kappa shape index (κ2) is 9.39. The Labute approximate surface area is 119 Å². The summed E-state index contributed by atoms with van der Waals surface area (Å²) in [4.78, 5) is 11.2. The molecule has 0 bridgehead atoms. The minimum Gasteiger partial charge on any atom is -0.481 e. The van der Waals surface area contributed by atoms with Gasteiger partial charge in [-0.05, 0) is 27.7 Å². The lowest BCUT2D eigenvalue weighted by Gasteiger charge is -2.15. The molecule has 0 saturated carbocycles. The number of hydrogen-bond donors (Lipinski definition) is 2. The lowest BCUT2D eigenvalue weighted by Crippen LogP contribution is -2.20. The fourth-order valence-electron chi connectivity index (χ4n) is 1.02. The Bertz CT molecular complexity index is 359. The average molecular weight is 288 g/mol. The molecule has 6 nitrogen and oxygen atoms in total. The highest BCUT2D eigenvalue weighted by atomic mass is 16.6. The normalized spacial score (nSPS) is 15.1. The van der Waals surface area contributed by atoms with Crippen LogP contribution in [0.4, 0.5) is 0 Å². The highest BCUT2D eigenvalue weighted by Crippen LogP contribution is 2.06. The number of carbonyl (C=O) groups excluding carboxylic acids is 1. The molecule has 0 aliphatic carbocycles. The van der Waals surface area contributed by atoms with E-state index in [2.05, 4.69) is 6.58 Å². The Kier molecular flexibility index (Phi) is 8.67. The molecular weight excluding hydrogens is 264 g/mol. The van der Waals surface area contributed by atoms with Gasteiger partial charge in [0, 0.05) is 11.1 Å². The molecule has 0 aromatic carbocycles. The minimum atomic E-state index is -0.661. The molecule has 116 valence electrons. The van der Waals surface area contributed by atoms with Crippen LogP contribution in [-0.2, 0) is 19.0 Å². The molecule has 0 amide bonds. The van der Waals surface area contributed by atoms with Gasteiger partial charge in [-0.3, -0.25) is 0 Å². The van der Waals surface area contributed by atoms with Gasteiger partial charge in [-0.1, -0.05) is 6.58 Å². The second-order valence-electron chi connectivity index (χ2n) is 4.75. The predicted octanol–water partition coefficient (Wildman–Crippen LogP) is 1.70. The van der Waals surface area contributed by atoms with Gasteiger partial charge >= 0.3 is 5.97 Å². The van der Waals surface area contributed by atoms with E-state index in [9.17, 15) is 9.90 Å². The zero-order valence-corrected chi connectivity index (χ0v) is 12.5. The number of aliphatic hydroxyl groups excluding tert-OH is 2. The van der Waals surface area contributed by atoms with E-state index < -0.39 is 12.1 Å². The maximum Gasteiger partial charge on any atom is 0.333 e. The first-order valence-electron chi connectivity index (χ1n) is 6.37. The van der Waals surface area contributed by atoms with Crippen LogP contribution < -0.4 is 0 Å². The lowest BCUT2D eigenvalue weighted by molar-refractivity contribution is -0.142. The van der Waals surface area contributed by atoms with Gasteiger partial charge < -0.3 is 24.4 Å². The van der Waals surface area contributed by atoms with E-state index in [4.69, 9.17) is 19.3 Å². The highest BCUT2D eigenvalue weighted by molar-refractivity contribution is 5.86. The zero-order valence-electron chi connectivity index (χ0n) is 12.5. The monoisotopic (exact) mass is 288 g/mol. The molecule has 0 saturated heterocycles. The van der Waals surface area contributed by atoms with E-state index in [1.54, 1.807) is 27.7 Å². The summed E-state index contributed by atoms with van der Waals surface area (Å²) < 4.78 is 15.3. The first-order valence-corrected chi connectivity index (χ1v) is 6.37. The summed E-state index contributed by atoms with van der Waals surface area (Å²) in [6.45, 7) is 10.2. The Hall–Kier alpha value is -1.53. The number of ether oxygens (including phenoxy) is 3. The molecule has 2 N–H and O–H groups in total. The van der Waals surface area contributed by atoms with Gasteiger partial charge in [0.25, 0.3) is 5.95 Å². The molecule has 20 heavy (non-hydrogen) atoms. The van der Waals surface area contributed by atoms with Gasteiger partial charge in [0.05, 0.1) is 18.8 Å². The highest BCUT2D eigenvalue weighted by Gasteiger charge is 2.10. The summed E-state index contributed by atoms with van der Waals surface area (Å²) in [5, 5.41) is 18.6. The zero-order chi connectivity index (χ0) is 15.7. The first-order chi connectivity index (χ1) is 9.23. The molecule has 0 rings (SSSR count). The van der Waals surface area contributed by atoms with E-state index in [-0.39, 0.29) is 31.9 Å². The van der Waals surface area contributed by atoms with Crippen molar-refractivity contribution in [3.63, 3.8) is 0 Å². The smallest absolute Gasteiger partial charge is 0.333 e. The Morgan fingerprint density at radius 3 is 2.30 bits per heavy atom. The van der Waals surface area contributed by atoms with Gasteiger partial charge in [-0.15, -0.1) is 0 Å². The van der Waals surface area contributed by atoms with Crippen molar-refractivity contribution in [1.29, 1.82) is 0 Å². The van der Waals surface area contributed by atoms with Gasteiger partial charge in [0.2, 0.25) is 0 Å². The summed E-state index contributed by atoms with van der Waals surface area (Å²) in [7, 11) is 0. The van der Waals surface area contributed by atoms with Crippen LogP contribution >= 0.6 is 0 Å². The van der Waals surface area contributed by atoms with Crippen molar-refractivity contribution in [2.75, 3.05) is 19.8 Å². The van der Waals surface area contributed by atoms with Crippen LogP contribution in [0.25, 0.3) is 0 Å². The van der Waals surface area contributed by atoms with Crippen LogP contribution in [0.15, 0.2) is 23.7 Å². The fourth-order valence-corrected chi connectivity index (χ4v) is 1.02. The standard InChI is InChI=1S/C14H24O6/c1-9(2)13(16)20-8-12(5)18-6-10(3)14(17)19-7-11(4)15/h11-12,15,17H,1,6-8H2,2-5H3/b14-10+. The van der Waals surface area contributed by atoms with Crippen molar-refractivity contribution in [2.24, 2.45) is 0 Å². The molecule has 2 atom stereocenters.